The lowest BCUT2D eigenvalue weighted by molar-refractivity contribution is -0.121. The number of carbonyl (C=O) groups is 1. The van der Waals surface area contributed by atoms with Crippen molar-refractivity contribution in [3.8, 4) is 6.07 Å². The largest absolute Gasteiger partial charge is 0.337 e. The standard InChI is InChI=1S/C21H26N4O2S/c1-3-13-25-19(27)16-9-5-6-10-17(16)23-20(25)28-15(2)18(26)24-21(14-22)11-7-4-8-12-21/h5-6,9-10,15H,3-4,7-8,11-13H2,1-2H3,(H,24,26). The number of carbonyl (C=O) groups excluding carboxylic acids is 1. The molecular formula is C21H26N4O2S. The van der Waals surface area contributed by atoms with Crippen LogP contribution in [0, 0.1) is 11.3 Å². The van der Waals surface area contributed by atoms with Crippen LogP contribution in [-0.2, 0) is 11.3 Å². The third-order valence-electron chi connectivity index (χ3n) is 5.21. The van der Waals surface area contributed by atoms with Gasteiger partial charge in [-0.3, -0.25) is 14.2 Å². The lowest BCUT2D eigenvalue weighted by Crippen LogP contribution is -2.51. The molecule has 0 saturated heterocycles. The Hall–Kier alpha value is -2.33. The molecule has 2 aromatic rings. The van der Waals surface area contributed by atoms with Gasteiger partial charge >= 0.3 is 0 Å². The van der Waals surface area contributed by atoms with Gasteiger partial charge < -0.3 is 5.32 Å². The van der Waals surface area contributed by atoms with Crippen molar-refractivity contribution in [1.29, 1.82) is 5.26 Å². The molecule has 1 fully saturated rings. The number of hydrogen-bond acceptors (Lipinski definition) is 5. The van der Waals surface area contributed by atoms with Gasteiger partial charge in [0.2, 0.25) is 5.91 Å². The Balaban J connectivity index is 1.85. The first kappa shape index (κ1) is 20.4. The van der Waals surface area contributed by atoms with E-state index in [0.29, 0.717) is 35.4 Å². The summed E-state index contributed by atoms with van der Waals surface area (Å²) in [6.45, 7) is 4.35. The van der Waals surface area contributed by atoms with Crippen molar-refractivity contribution < 1.29 is 4.79 Å². The van der Waals surface area contributed by atoms with Gasteiger partial charge in [0, 0.05) is 6.54 Å². The summed E-state index contributed by atoms with van der Waals surface area (Å²) >= 11 is 1.28. The number of para-hydroxylation sites is 1. The zero-order valence-corrected chi connectivity index (χ0v) is 17.2. The second-order valence-electron chi connectivity index (χ2n) is 7.37. The molecule has 1 unspecified atom stereocenters. The van der Waals surface area contributed by atoms with Crippen LogP contribution in [0.2, 0.25) is 0 Å². The topological polar surface area (TPSA) is 87.8 Å². The number of nitrogens with one attached hydrogen (secondary N) is 1. The Morgan fingerprint density at radius 1 is 1.36 bits per heavy atom. The summed E-state index contributed by atoms with van der Waals surface area (Å²) in [5.74, 6) is -0.182. The monoisotopic (exact) mass is 398 g/mol. The molecule has 28 heavy (non-hydrogen) atoms. The highest BCUT2D eigenvalue weighted by Crippen LogP contribution is 2.29. The fraction of sp³-hybridized carbons (Fsp3) is 0.524. The SMILES string of the molecule is CCCn1c(SC(C)C(=O)NC2(C#N)CCCCC2)nc2ccccc2c1=O. The molecule has 1 aliphatic carbocycles. The lowest BCUT2D eigenvalue weighted by Gasteiger charge is -2.32. The molecule has 6 nitrogen and oxygen atoms in total. The lowest BCUT2D eigenvalue weighted by atomic mass is 9.83. The van der Waals surface area contributed by atoms with Gasteiger partial charge in [0.15, 0.2) is 5.16 Å². The molecule has 1 atom stereocenters. The van der Waals surface area contributed by atoms with Crippen LogP contribution in [0.1, 0.15) is 52.4 Å². The van der Waals surface area contributed by atoms with E-state index >= 15 is 0 Å². The first-order valence-corrected chi connectivity index (χ1v) is 10.8. The molecule has 1 saturated carbocycles. The van der Waals surface area contributed by atoms with E-state index in [1.807, 2.05) is 25.1 Å². The van der Waals surface area contributed by atoms with Crippen molar-refractivity contribution >= 4 is 28.6 Å². The zero-order chi connectivity index (χ0) is 20.1. The Labute approximate surface area is 169 Å². The molecule has 3 rings (SSSR count). The third-order valence-corrected chi connectivity index (χ3v) is 6.30. The van der Waals surface area contributed by atoms with Gasteiger partial charge in [-0.15, -0.1) is 0 Å². The quantitative estimate of drug-likeness (QED) is 0.593. The van der Waals surface area contributed by atoms with Crippen LogP contribution < -0.4 is 10.9 Å². The molecule has 1 N–H and O–H groups in total. The number of benzene rings is 1. The summed E-state index contributed by atoms with van der Waals surface area (Å²) in [5.41, 5.74) is -0.205. The first-order valence-electron chi connectivity index (χ1n) is 9.89. The van der Waals surface area contributed by atoms with E-state index in [-0.39, 0.29) is 11.5 Å². The predicted molar refractivity (Wildman–Crippen MR) is 111 cm³/mol. The van der Waals surface area contributed by atoms with Gasteiger partial charge in [-0.25, -0.2) is 4.98 Å². The molecule has 0 spiro atoms. The van der Waals surface area contributed by atoms with Crippen molar-refractivity contribution in [3.63, 3.8) is 0 Å². The summed E-state index contributed by atoms with van der Waals surface area (Å²) < 4.78 is 1.65. The number of rotatable bonds is 6. The minimum atomic E-state index is -0.760. The second-order valence-corrected chi connectivity index (χ2v) is 8.68. The van der Waals surface area contributed by atoms with Crippen molar-refractivity contribution in [2.45, 2.75) is 74.9 Å². The van der Waals surface area contributed by atoms with Gasteiger partial charge in [-0.2, -0.15) is 5.26 Å². The Bertz CT molecular complexity index is 957. The average Bonchev–Trinajstić information content (AvgIpc) is 2.71. The van der Waals surface area contributed by atoms with E-state index in [2.05, 4.69) is 16.4 Å². The van der Waals surface area contributed by atoms with Crippen LogP contribution in [0.3, 0.4) is 0 Å². The normalized spacial score (nSPS) is 17.0. The summed E-state index contributed by atoms with van der Waals surface area (Å²) in [6, 6.07) is 9.59. The minimum Gasteiger partial charge on any atom is -0.337 e. The predicted octanol–water partition coefficient (Wildman–Crippen LogP) is 3.63. The number of aromatic nitrogens is 2. The van der Waals surface area contributed by atoms with E-state index in [1.165, 1.54) is 11.8 Å². The van der Waals surface area contributed by atoms with Crippen LogP contribution in [0.5, 0.6) is 0 Å². The van der Waals surface area contributed by atoms with Crippen molar-refractivity contribution in [3.05, 3.63) is 34.6 Å². The van der Waals surface area contributed by atoms with Crippen LogP contribution >= 0.6 is 11.8 Å². The average molecular weight is 399 g/mol. The van der Waals surface area contributed by atoms with Crippen LogP contribution in [0.4, 0.5) is 0 Å². The number of thioether (sulfide) groups is 1. The van der Waals surface area contributed by atoms with Gasteiger partial charge in [-0.1, -0.05) is 50.1 Å². The van der Waals surface area contributed by atoms with Crippen LogP contribution in [-0.4, -0.2) is 26.2 Å². The maximum atomic E-state index is 12.9. The molecule has 0 aliphatic heterocycles. The van der Waals surface area contributed by atoms with E-state index < -0.39 is 10.8 Å². The maximum absolute atomic E-state index is 12.9. The van der Waals surface area contributed by atoms with E-state index in [1.54, 1.807) is 17.6 Å². The molecule has 1 aromatic heterocycles. The van der Waals surface area contributed by atoms with Gasteiger partial charge in [0.25, 0.3) is 5.56 Å². The number of nitriles is 1. The van der Waals surface area contributed by atoms with Crippen molar-refractivity contribution in [1.82, 2.24) is 14.9 Å². The minimum absolute atomic E-state index is 0.0802. The smallest absolute Gasteiger partial charge is 0.262 e. The highest BCUT2D eigenvalue weighted by molar-refractivity contribution is 8.00. The zero-order valence-electron chi connectivity index (χ0n) is 16.4. The fourth-order valence-corrected chi connectivity index (χ4v) is 4.56. The molecule has 0 radical (unpaired) electrons. The molecule has 0 bridgehead atoms. The van der Waals surface area contributed by atoms with Crippen molar-refractivity contribution in [2.75, 3.05) is 0 Å². The van der Waals surface area contributed by atoms with Crippen molar-refractivity contribution in [2.24, 2.45) is 0 Å². The Morgan fingerprint density at radius 2 is 2.07 bits per heavy atom. The van der Waals surface area contributed by atoms with Gasteiger partial charge in [-0.05, 0) is 38.3 Å². The fourth-order valence-electron chi connectivity index (χ4n) is 3.63. The third kappa shape index (κ3) is 4.22. The maximum Gasteiger partial charge on any atom is 0.262 e. The summed E-state index contributed by atoms with van der Waals surface area (Å²) in [5, 5.41) is 13.2. The summed E-state index contributed by atoms with van der Waals surface area (Å²) in [4.78, 5) is 30.3. The summed E-state index contributed by atoms with van der Waals surface area (Å²) in [7, 11) is 0. The number of amides is 1. The molecular weight excluding hydrogens is 372 g/mol. The second kappa shape index (κ2) is 8.78. The number of fused-ring (bicyclic) bond motifs is 1. The summed E-state index contributed by atoms with van der Waals surface area (Å²) in [6.07, 6.45) is 5.21. The Morgan fingerprint density at radius 3 is 2.75 bits per heavy atom. The van der Waals surface area contributed by atoms with Gasteiger partial charge in [0.1, 0.15) is 5.54 Å². The molecule has 1 heterocycles. The highest BCUT2D eigenvalue weighted by Gasteiger charge is 2.35. The van der Waals surface area contributed by atoms with E-state index in [9.17, 15) is 14.9 Å². The molecule has 1 aromatic carbocycles. The highest BCUT2D eigenvalue weighted by atomic mass is 32.2. The van der Waals surface area contributed by atoms with E-state index in [4.69, 9.17) is 0 Å². The van der Waals surface area contributed by atoms with Gasteiger partial charge in [0.05, 0.1) is 22.2 Å². The molecule has 7 heteroatoms. The first-order chi connectivity index (χ1) is 13.5. The van der Waals surface area contributed by atoms with E-state index in [0.717, 1.165) is 25.7 Å². The Kier molecular flexibility index (Phi) is 6.40. The number of hydrogen-bond donors (Lipinski definition) is 1. The molecule has 1 aliphatic rings. The van der Waals surface area contributed by atoms with Crippen LogP contribution in [0.25, 0.3) is 10.9 Å². The molecule has 1 amide bonds. The van der Waals surface area contributed by atoms with Crippen LogP contribution in [0.15, 0.2) is 34.2 Å². The number of nitrogens with zero attached hydrogens (tertiary/aromatic N) is 3. The molecule has 148 valence electrons.